The normalized spacial score (nSPS) is 10.5. The lowest BCUT2D eigenvalue weighted by Crippen LogP contribution is -2.21. The quantitative estimate of drug-likeness (QED) is 0.157. The van der Waals surface area contributed by atoms with Crippen molar-refractivity contribution in [1.29, 1.82) is 0 Å². The van der Waals surface area contributed by atoms with E-state index in [-0.39, 0.29) is 17.9 Å². The van der Waals surface area contributed by atoms with Crippen LogP contribution in [0.25, 0.3) is 0 Å². The number of nitrogens with one attached hydrogen (secondary N) is 1. The first-order chi connectivity index (χ1) is 18.7. The molecule has 0 amide bonds. The lowest BCUT2D eigenvalue weighted by atomic mass is 10.0. The standard InChI is InChI=1S/C16H27N.C13H17NO.C3H8O.C3H6/c1-3-4-5-6-7-8-9-10-15-11-13-16(17-2)14-12-15;1-2-12(14)10-13(15)9-8-11-6-4-3-5-7-11;1-3(2)4;1-3-2/h11-14,17H,3-10H2,1-2H3;2-7,12H,1,8-10,14H2;3-4H,1-2H3;3H,1H2,2H3. The van der Waals surface area contributed by atoms with Crippen LogP contribution >= 0.6 is 0 Å². The maximum Gasteiger partial charge on any atom is 0.135 e. The van der Waals surface area contributed by atoms with Gasteiger partial charge in [-0.25, -0.2) is 0 Å². The number of allylic oxidation sites excluding steroid dienone is 1. The van der Waals surface area contributed by atoms with Crippen LogP contribution in [0, 0.1) is 0 Å². The van der Waals surface area contributed by atoms with Crippen molar-refractivity contribution < 1.29 is 9.90 Å². The van der Waals surface area contributed by atoms with Crippen molar-refractivity contribution in [3.8, 4) is 0 Å². The van der Waals surface area contributed by atoms with Gasteiger partial charge < -0.3 is 16.2 Å². The average Bonchev–Trinajstić information content (AvgIpc) is 2.93. The highest BCUT2D eigenvalue weighted by molar-refractivity contribution is 5.79. The smallest absolute Gasteiger partial charge is 0.135 e. The number of Topliss-reactive ketones (excluding diaryl/α,β-unsaturated/α-hetero) is 1. The maximum atomic E-state index is 11.5. The summed E-state index contributed by atoms with van der Waals surface area (Å²) in [6.07, 6.45) is 15.9. The summed E-state index contributed by atoms with van der Waals surface area (Å²) < 4.78 is 0. The van der Waals surface area contributed by atoms with Crippen molar-refractivity contribution in [2.75, 3.05) is 12.4 Å². The summed E-state index contributed by atoms with van der Waals surface area (Å²) in [6, 6.07) is 18.6. The van der Waals surface area contributed by atoms with Gasteiger partial charge in [0, 0.05) is 37.7 Å². The molecule has 0 aliphatic carbocycles. The molecule has 2 rings (SSSR count). The monoisotopic (exact) mass is 538 g/mol. The molecular formula is C35H58N2O2. The fourth-order valence-corrected chi connectivity index (χ4v) is 3.50. The van der Waals surface area contributed by atoms with Crippen molar-refractivity contribution in [2.45, 2.75) is 110 Å². The van der Waals surface area contributed by atoms with E-state index in [2.05, 4.69) is 49.7 Å². The number of aryl methyl sites for hydroxylation is 2. The summed E-state index contributed by atoms with van der Waals surface area (Å²) in [5, 5.41) is 11.2. The summed E-state index contributed by atoms with van der Waals surface area (Å²) in [5.74, 6) is 0.200. The van der Waals surface area contributed by atoms with Crippen molar-refractivity contribution in [1.82, 2.24) is 0 Å². The molecule has 1 atom stereocenters. The highest BCUT2D eigenvalue weighted by Gasteiger charge is 2.06. The van der Waals surface area contributed by atoms with E-state index in [4.69, 9.17) is 10.8 Å². The average molecular weight is 539 g/mol. The molecule has 0 aliphatic heterocycles. The fraction of sp³-hybridized carbons (Fsp3) is 0.514. The Hall–Kier alpha value is -2.69. The second-order valence-corrected chi connectivity index (χ2v) is 9.95. The van der Waals surface area contributed by atoms with E-state index < -0.39 is 0 Å². The Labute approximate surface area is 240 Å². The minimum absolute atomic E-state index is 0.167. The van der Waals surface area contributed by atoms with Gasteiger partial charge in [0.05, 0.1) is 0 Å². The van der Waals surface area contributed by atoms with Crippen LogP contribution < -0.4 is 11.1 Å². The number of nitrogens with two attached hydrogens (primary N) is 1. The van der Waals surface area contributed by atoms with Crippen molar-refractivity contribution >= 4 is 11.5 Å². The third-order valence-electron chi connectivity index (χ3n) is 5.61. The van der Waals surface area contributed by atoms with Crippen LogP contribution in [0.5, 0.6) is 0 Å². The Balaban J connectivity index is 0. The number of rotatable bonds is 15. The summed E-state index contributed by atoms with van der Waals surface area (Å²) in [6.45, 7) is 14.5. The Morgan fingerprint density at radius 1 is 0.897 bits per heavy atom. The molecule has 0 aliphatic rings. The Bertz CT molecular complexity index is 814. The van der Waals surface area contributed by atoms with Crippen LogP contribution in [0.2, 0.25) is 0 Å². The molecule has 220 valence electrons. The largest absolute Gasteiger partial charge is 0.394 e. The van der Waals surface area contributed by atoms with Crippen LogP contribution in [-0.4, -0.2) is 30.1 Å². The summed E-state index contributed by atoms with van der Waals surface area (Å²) in [7, 11) is 1.96. The van der Waals surface area contributed by atoms with E-state index in [1.807, 2.05) is 44.3 Å². The molecule has 0 heterocycles. The number of hydrogen-bond acceptors (Lipinski definition) is 4. The van der Waals surface area contributed by atoms with Gasteiger partial charge in [0.1, 0.15) is 5.78 Å². The zero-order chi connectivity index (χ0) is 29.7. The van der Waals surface area contributed by atoms with Gasteiger partial charge >= 0.3 is 0 Å². The highest BCUT2D eigenvalue weighted by atomic mass is 16.3. The van der Waals surface area contributed by atoms with Gasteiger partial charge in [0.25, 0.3) is 0 Å². The summed E-state index contributed by atoms with van der Waals surface area (Å²) in [5.41, 5.74) is 9.47. The van der Waals surface area contributed by atoms with Gasteiger partial charge in [0.2, 0.25) is 0 Å². The topological polar surface area (TPSA) is 75.4 Å². The molecular weight excluding hydrogens is 480 g/mol. The third-order valence-corrected chi connectivity index (χ3v) is 5.61. The molecule has 0 aromatic heterocycles. The van der Waals surface area contributed by atoms with Gasteiger partial charge in [-0.05, 0) is 63.3 Å². The molecule has 0 fully saturated rings. The van der Waals surface area contributed by atoms with Crippen molar-refractivity contribution in [3.63, 3.8) is 0 Å². The number of aliphatic hydroxyl groups excluding tert-OH is 1. The number of ketones is 1. The predicted molar refractivity (Wildman–Crippen MR) is 173 cm³/mol. The van der Waals surface area contributed by atoms with Crippen LogP contribution in [0.15, 0.2) is 79.9 Å². The molecule has 0 saturated heterocycles. The molecule has 0 spiro atoms. The van der Waals surface area contributed by atoms with Gasteiger partial charge in [-0.3, -0.25) is 4.79 Å². The molecule has 2 aromatic rings. The summed E-state index contributed by atoms with van der Waals surface area (Å²) >= 11 is 0. The number of anilines is 1. The van der Waals surface area contributed by atoms with E-state index in [0.29, 0.717) is 12.8 Å². The molecule has 4 heteroatoms. The Morgan fingerprint density at radius 3 is 1.87 bits per heavy atom. The number of carbonyl (C=O) groups is 1. The van der Waals surface area contributed by atoms with Gasteiger partial charge in [-0.2, -0.15) is 0 Å². The first-order valence-corrected chi connectivity index (χ1v) is 14.7. The van der Waals surface area contributed by atoms with E-state index in [1.165, 1.54) is 68.2 Å². The van der Waals surface area contributed by atoms with E-state index >= 15 is 0 Å². The Kier molecular flexibility index (Phi) is 27.9. The third kappa shape index (κ3) is 28.1. The fourth-order valence-electron chi connectivity index (χ4n) is 3.50. The number of carbonyl (C=O) groups excluding carboxylic acids is 1. The van der Waals surface area contributed by atoms with E-state index in [1.54, 1.807) is 26.0 Å². The van der Waals surface area contributed by atoms with Crippen molar-refractivity contribution in [2.24, 2.45) is 5.73 Å². The molecule has 1 unspecified atom stereocenters. The second kappa shape index (κ2) is 28.3. The van der Waals surface area contributed by atoms with Crippen LogP contribution in [0.1, 0.15) is 96.6 Å². The molecule has 0 radical (unpaired) electrons. The minimum atomic E-state index is -0.201. The molecule has 4 nitrogen and oxygen atoms in total. The number of aliphatic hydroxyl groups is 1. The SMILES string of the molecule is C=CC.C=CC(N)CC(=O)CCc1ccccc1.CC(C)O.CCCCCCCCCc1ccc(NC)cc1. The van der Waals surface area contributed by atoms with Crippen LogP contribution in [0.3, 0.4) is 0 Å². The Morgan fingerprint density at radius 2 is 1.38 bits per heavy atom. The van der Waals surface area contributed by atoms with Gasteiger partial charge in [-0.15, -0.1) is 13.2 Å². The minimum Gasteiger partial charge on any atom is -0.394 e. The molecule has 0 bridgehead atoms. The lowest BCUT2D eigenvalue weighted by molar-refractivity contribution is -0.119. The highest BCUT2D eigenvalue weighted by Crippen LogP contribution is 2.13. The number of hydrogen-bond donors (Lipinski definition) is 3. The van der Waals surface area contributed by atoms with Crippen LogP contribution in [0.4, 0.5) is 5.69 Å². The first kappa shape index (κ1) is 38.5. The number of benzene rings is 2. The molecule has 2 aromatic carbocycles. The molecule has 4 N–H and O–H groups in total. The van der Waals surface area contributed by atoms with Gasteiger partial charge in [0.15, 0.2) is 0 Å². The number of unbranched alkanes of at least 4 members (excludes halogenated alkanes) is 6. The zero-order valence-corrected chi connectivity index (χ0v) is 25.6. The molecule has 0 saturated carbocycles. The van der Waals surface area contributed by atoms with Crippen molar-refractivity contribution in [3.05, 3.63) is 91.0 Å². The summed E-state index contributed by atoms with van der Waals surface area (Å²) in [4.78, 5) is 11.5. The predicted octanol–water partition coefficient (Wildman–Crippen LogP) is 8.69. The van der Waals surface area contributed by atoms with Gasteiger partial charge in [-0.1, -0.05) is 100 Å². The lowest BCUT2D eigenvalue weighted by Gasteiger charge is -2.04. The first-order valence-electron chi connectivity index (χ1n) is 14.7. The molecule has 39 heavy (non-hydrogen) atoms. The zero-order valence-electron chi connectivity index (χ0n) is 25.6. The van der Waals surface area contributed by atoms with E-state index in [0.717, 1.165) is 6.42 Å². The maximum absolute atomic E-state index is 11.5. The van der Waals surface area contributed by atoms with Crippen LogP contribution in [-0.2, 0) is 17.6 Å². The second-order valence-electron chi connectivity index (χ2n) is 9.95. The van der Waals surface area contributed by atoms with E-state index in [9.17, 15) is 4.79 Å².